The Balaban J connectivity index is 2.13. The summed E-state index contributed by atoms with van der Waals surface area (Å²) in [6.45, 7) is 8.20. The molecule has 1 aliphatic rings. The van der Waals surface area contributed by atoms with E-state index in [0.29, 0.717) is 0 Å². The van der Waals surface area contributed by atoms with Crippen LogP contribution in [0.25, 0.3) is 0 Å². The Morgan fingerprint density at radius 2 is 2.15 bits per heavy atom. The first-order valence-corrected chi connectivity index (χ1v) is 7.48. The normalized spacial score (nSPS) is 27.4. The van der Waals surface area contributed by atoms with Crippen LogP contribution in [0.3, 0.4) is 0 Å². The summed E-state index contributed by atoms with van der Waals surface area (Å²) in [4.78, 5) is 12.6. The maximum absolute atomic E-state index is 12.6. The third-order valence-corrected chi connectivity index (χ3v) is 4.80. The molecule has 0 aromatic heterocycles. The van der Waals surface area contributed by atoms with E-state index >= 15 is 0 Å². The van der Waals surface area contributed by atoms with Gasteiger partial charge in [-0.3, -0.25) is 4.79 Å². The van der Waals surface area contributed by atoms with E-state index in [1.165, 1.54) is 16.7 Å². The lowest BCUT2D eigenvalue weighted by molar-refractivity contribution is -0.131. The third kappa shape index (κ3) is 2.73. The van der Waals surface area contributed by atoms with Crippen molar-refractivity contribution in [3.8, 4) is 0 Å². The maximum Gasteiger partial charge on any atom is 0.227 e. The summed E-state index contributed by atoms with van der Waals surface area (Å²) in [6, 6.07) is 6.36. The molecular weight excluding hydrogens is 248 g/mol. The zero-order valence-electron chi connectivity index (χ0n) is 13.0. The van der Waals surface area contributed by atoms with Crippen LogP contribution in [-0.4, -0.2) is 11.9 Å². The number of rotatable bonds is 3. The summed E-state index contributed by atoms with van der Waals surface area (Å²) in [7, 11) is 0. The number of hydrogen-bond donors (Lipinski definition) is 2. The monoisotopic (exact) mass is 274 g/mol. The minimum Gasteiger partial charge on any atom is -0.349 e. The molecule has 3 atom stereocenters. The second-order valence-electron chi connectivity index (χ2n) is 6.47. The smallest absolute Gasteiger partial charge is 0.227 e. The zero-order chi connectivity index (χ0) is 14.9. The van der Waals surface area contributed by atoms with Crippen molar-refractivity contribution in [1.82, 2.24) is 5.32 Å². The highest BCUT2D eigenvalue weighted by molar-refractivity contribution is 5.83. The van der Waals surface area contributed by atoms with E-state index in [1.54, 1.807) is 0 Å². The SMILES string of the molecule is Cc1ccc(C)c(C(C)NC(=O)C2(C)CCCC2N)c1. The standard InChI is InChI=1S/C17H26N2O/c1-11-7-8-12(2)14(10-11)13(3)19-16(20)17(4)9-5-6-15(17)18/h7-8,10,13,15H,5-6,9,18H2,1-4H3,(H,19,20). The van der Waals surface area contributed by atoms with Crippen LogP contribution >= 0.6 is 0 Å². The highest BCUT2D eigenvalue weighted by atomic mass is 16.2. The van der Waals surface area contributed by atoms with Crippen molar-refractivity contribution in [1.29, 1.82) is 0 Å². The molecule has 3 nitrogen and oxygen atoms in total. The molecule has 0 saturated heterocycles. The number of nitrogens with one attached hydrogen (secondary N) is 1. The van der Waals surface area contributed by atoms with Gasteiger partial charge in [0.1, 0.15) is 0 Å². The Morgan fingerprint density at radius 1 is 1.45 bits per heavy atom. The van der Waals surface area contributed by atoms with Crippen LogP contribution in [0.5, 0.6) is 0 Å². The lowest BCUT2D eigenvalue weighted by atomic mass is 9.83. The van der Waals surface area contributed by atoms with Crippen molar-refractivity contribution in [3.63, 3.8) is 0 Å². The zero-order valence-corrected chi connectivity index (χ0v) is 13.0. The Labute approximate surface area is 121 Å². The van der Waals surface area contributed by atoms with Crippen LogP contribution < -0.4 is 11.1 Å². The van der Waals surface area contributed by atoms with Crippen molar-refractivity contribution >= 4 is 5.91 Å². The number of amides is 1. The molecule has 3 N–H and O–H groups in total. The first-order chi connectivity index (χ1) is 9.34. The fraction of sp³-hybridized carbons (Fsp3) is 0.588. The molecular formula is C17H26N2O. The molecule has 20 heavy (non-hydrogen) atoms. The largest absolute Gasteiger partial charge is 0.349 e. The average molecular weight is 274 g/mol. The predicted molar refractivity (Wildman–Crippen MR) is 82.4 cm³/mol. The van der Waals surface area contributed by atoms with E-state index in [-0.39, 0.29) is 18.0 Å². The van der Waals surface area contributed by atoms with E-state index in [9.17, 15) is 4.79 Å². The molecule has 0 spiro atoms. The van der Waals surface area contributed by atoms with Crippen LogP contribution in [0.15, 0.2) is 18.2 Å². The number of benzene rings is 1. The highest BCUT2D eigenvalue weighted by Crippen LogP contribution is 2.37. The van der Waals surface area contributed by atoms with Gasteiger partial charge in [-0.1, -0.05) is 30.2 Å². The molecule has 0 bridgehead atoms. The van der Waals surface area contributed by atoms with Crippen LogP contribution in [0.2, 0.25) is 0 Å². The molecule has 1 saturated carbocycles. The van der Waals surface area contributed by atoms with Gasteiger partial charge in [0.25, 0.3) is 0 Å². The van der Waals surface area contributed by atoms with Crippen LogP contribution in [0, 0.1) is 19.3 Å². The topological polar surface area (TPSA) is 55.1 Å². The van der Waals surface area contributed by atoms with Gasteiger partial charge < -0.3 is 11.1 Å². The summed E-state index contributed by atoms with van der Waals surface area (Å²) in [5.74, 6) is 0.0934. The van der Waals surface area contributed by atoms with Crippen LogP contribution in [0.4, 0.5) is 0 Å². The summed E-state index contributed by atoms with van der Waals surface area (Å²) in [5.41, 5.74) is 9.33. The fourth-order valence-corrected chi connectivity index (χ4v) is 3.14. The molecule has 1 aliphatic carbocycles. The Morgan fingerprint density at radius 3 is 2.75 bits per heavy atom. The Hall–Kier alpha value is -1.35. The molecule has 3 unspecified atom stereocenters. The predicted octanol–water partition coefficient (Wildman–Crippen LogP) is 3.00. The Bertz CT molecular complexity index is 512. The number of carbonyl (C=O) groups excluding carboxylic acids is 1. The second-order valence-corrected chi connectivity index (χ2v) is 6.47. The van der Waals surface area contributed by atoms with E-state index in [0.717, 1.165) is 19.3 Å². The van der Waals surface area contributed by atoms with E-state index in [1.807, 2.05) is 13.8 Å². The highest BCUT2D eigenvalue weighted by Gasteiger charge is 2.43. The van der Waals surface area contributed by atoms with E-state index in [4.69, 9.17) is 5.73 Å². The van der Waals surface area contributed by atoms with Crippen molar-refractivity contribution < 1.29 is 4.79 Å². The minimum atomic E-state index is -0.411. The van der Waals surface area contributed by atoms with Crippen molar-refractivity contribution in [2.75, 3.05) is 0 Å². The molecule has 2 rings (SSSR count). The molecule has 110 valence electrons. The van der Waals surface area contributed by atoms with Crippen molar-refractivity contribution in [3.05, 3.63) is 34.9 Å². The van der Waals surface area contributed by atoms with Crippen molar-refractivity contribution in [2.24, 2.45) is 11.1 Å². The number of carbonyl (C=O) groups is 1. The third-order valence-electron chi connectivity index (χ3n) is 4.80. The second kappa shape index (κ2) is 5.57. The van der Waals surface area contributed by atoms with Gasteiger partial charge in [0.15, 0.2) is 0 Å². The molecule has 0 radical (unpaired) electrons. The van der Waals surface area contributed by atoms with Gasteiger partial charge >= 0.3 is 0 Å². The van der Waals surface area contributed by atoms with Gasteiger partial charge in [-0.15, -0.1) is 0 Å². The van der Waals surface area contributed by atoms with Gasteiger partial charge in [-0.2, -0.15) is 0 Å². The molecule has 3 heteroatoms. The number of aryl methyl sites for hydroxylation is 2. The first-order valence-electron chi connectivity index (χ1n) is 7.48. The number of hydrogen-bond acceptors (Lipinski definition) is 2. The lowest BCUT2D eigenvalue weighted by Gasteiger charge is -2.30. The van der Waals surface area contributed by atoms with Gasteiger partial charge in [0.2, 0.25) is 5.91 Å². The quantitative estimate of drug-likeness (QED) is 0.890. The average Bonchev–Trinajstić information content (AvgIpc) is 2.73. The molecule has 1 fully saturated rings. The molecule has 1 amide bonds. The summed E-state index contributed by atoms with van der Waals surface area (Å²) < 4.78 is 0. The van der Waals surface area contributed by atoms with Gasteiger partial charge in [-0.25, -0.2) is 0 Å². The van der Waals surface area contributed by atoms with E-state index in [2.05, 4.69) is 37.4 Å². The number of nitrogens with two attached hydrogens (primary N) is 1. The molecule has 0 heterocycles. The maximum atomic E-state index is 12.6. The van der Waals surface area contributed by atoms with Crippen LogP contribution in [0.1, 0.15) is 55.8 Å². The summed E-state index contributed by atoms with van der Waals surface area (Å²) in [5, 5.41) is 3.16. The van der Waals surface area contributed by atoms with E-state index < -0.39 is 5.41 Å². The van der Waals surface area contributed by atoms with Gasteiger partial charge in [-0.05, 0) is 51.7 Å². The van der Waals surface area contributed by atoms with Crippen LogP contribution in [-0.2, 0) is 4.79 Å². The fourth-order valence-electron chi connectivity index (χ4n) is 3.14. The van der Waals surface area contributed by atoms with Gasteiger partial charge in [0, 0.05) is 6.04 Å². The Kier molecular flexibility index (Phi) is 4.19. The first kappa shape index (κ1) is 15.0. The lowest BCUT2D eigenvalue weighted by Crippen LogP contribution is -2.48. The molecule has 1 aromatic carbocycles. The molecule has 0 aliphatic heterocycles. The minimum absolute atomic E-state index is 0.0201. The van der Waals surface area contributed by atoms with Crippen molar-refractivity contribution in [2.45, 2.75) is 59.0 Å². The van der Waals surface area contributed by atoms with Gasteiger partial charge in [0.05, 0.1) is 11.5 Å². The summed E-state index contributed by atoms with van der Waals surface area (Å²) in [6.07, 6.45) is 2.88. The summed E-state index contributed by atoms with van der Waals surface area (Å²) >= 11 is 0. The molecule has 1 aromatic rings.